The Hall–Kier alpha value is -1.26. The molecule has 0 saturated carbocycles. The van der Waals surface area contributed by atoms with Crippen molar-refractivity contribution < 1.29 is 22.7 Å². The molecule has 0 bridgehead atoms. The molecule has 5 nitrogen and oxygen atoms in total. The van der Waals surface area contributed by atoms with Crippen LogP contribution in [0.15, 0.2) is 17.0 Å². The summed E-state index contributed by atoms with van der Waals surface area (Å²) in [6.07, 6.45) is -2.60. The molecule has 0 saturated heterocycles. The zero-order chi connectivity index (χ0) is 20.2. The number of Topliss-reactive ketones (excluding diaryl/α,β-unsaturated/α-hetero) is 1. The third-order valence-corrected chi connectivity index (χ3v) is 6.01. The number of ether oxygens (including phenoxy) is 1. The van der Waals surface area contributed by atoms with Gasteiger partial charge in [0, 0.05) is 33.7 Å². The van der Waals surface area contributed by atoms with Crippen LogP contribution in [0.3, 0.4) is 0 Å². The van der Waals surface area contributed by atoms with Crippen molar-refractivity contribution >= 4 is 41.0 Å². The first kappa shape index (κ1) is 22.0. The van der Waals surface area contributed by atoms with Gasteiger partial charge >= 0.3 is 6.18 Å². The number of carbonyl (C=O) groups excluding carboxylic acids is 1. The second-order valence-electron chi connectivity index (χ2n) is 7.62. The Morgan fingerprint density at radius 2 is 2.04 bits per heavy atom. The summed E-state index contributed by atoms with van der Waals surface area (Å²) in [6.45, 7) is 7.58. The number of halogens is 4. The number of alkyl halides is 3. The van der Waals surface area contributed by atoms with Gasteiger partial charge in [-0.1, -0.05) is 19.6 Å². The molecule has 0 amide bonds. The fourth-order valence-electron chi connectivity index (χ4n) is 2.46. The molecule has 2 aromatic rings. The Bertz CT molecular complexity index is 803. The Morgan fingerprint density at radius 3 is 2.67 bits per heavy atom. The van der Waals surface area contributed by atoms with E-state index in [0.29, 0.717) is 22.4 Å². The summed E-state index contributed by atoms with van der Waals surface area (Å²) < 4.78 is 44.8. The van der Waals surface area contributed by atoms with Crippen molar-refractivity contribution in [2.75, 3.05) is 6.61 Å². The molecular weight excluding hydrogens is 443 g/mol. The summed E-state index contributed by atoms with van der Waals surface area (Å²) >= 11 is 3.22. The first-order chi connectivity index (χ1) is 12.5. The minimum Gasteiger partial charge on any atom is -0.361 e. The van der Waals surface area contributed by atoms with Gasteiger partial charge in [0.25, 0.3) is 0 Å². The van der Waals surface area contributed by atoms with Crippen LogP contribution in [0, 0.1) is 0 Å². The zero-order valence-corrected chi connectivity index (χ0v) is 18.2. The minimum atomic E-state index is -4.26. The number of aromatic nitrogens is 3. The fourth-order valence-corrected chi connectivity index (χ4v) is 3.49. The zero-order valence-electron chi connectivity index (χ0n) is 15.6. The summed E-state index contributed by atoms with van der Waals surface area (Å²) in [5.74, 6) is -0.377. The Morgan fingerprint density at radius 1 is 1.33 bits per heavy atom. The average Bonchev–Trinajstić information content (AvgIpc) is 2.87. The highest BCUT2D eigenvalue weighted by molar-refractivity contribution is 9.10. The topological polar surface area (TPSA) is 57.0 Å². The number of hydrogen-bond acceptors (Lipinski definition) is 4. The first-order valence-corrected chi connectivity index (χ1v) is 13.2. The van der Waals surface area contributed by atoms with Crippen molar-refractivity contribution in [3.05, 3.63) is 22.6 Å². The summed E-state index contributed by atoms with van der Waals surface area (Å²) in [4.78, 5) is 21.0. The number of carbonyl (C=O) groups is 1. The van der Waals surface area contributed by atoms with E-state index in [9.17, 15) is 18.0 Å². The van der Waals surface area contributed by atoms with Gasteiger partial charge in [-0.25, -0.2) is 9.97 Å². The van der Waals surface area contributed by atoms with E-state index in [1.165, 1.54) is 6.20 Å². The second kappa shape index (κ2) is 8.83. The van der Waals surface area contributed by atoms with Gasteiger partial charge in [-0.05, 0) is 28.4 Å². The van der Waals surface area contributed by atoms with Gasteiger partial charge < -0.3 is 9.30 Å². The molecule has 0 atom stereocenters. The lowest BCUT2D eigenvalue weighted by atomic mass is 10.1. The maximum atomic E-state index is 12.4. The molecule has 0 fully saturated rings. The van der Waals surface area contributed by atoms with E-state index >= 15 is 0 Å². The quantitative estimate of drug-likeness (QED) is 0.281. The predicted molar refractivity (Wildman–Crippen MR) is 104 cm³/mol. The normalized spacial score (nSPS) is 12.7. The number of hydrogen-bond donors (Lipinski definition) is 0. The molecule has 0 unspecified atom stereocenters. The number of nitrogens with zero attached hydrogens (tertiary/aromatic N) is 3. The van der Waals surface area contributed by atoms with E-state index < -0.39 is 20.7 Å². The average molecular weight is 466 g/mol. The molecule has 27 heavy (non-hydrogen) atoms. The van der Waals surface area contributed by atoms with Crippen molar-refractivity contribution in [2.24, 2.45) is 0 Å². The van der Waals surface area contributed by atoms with Gasteiger partial charge in [0.2, 0.25) is 0 Å². The lowest BCUT2D eigenvalue weighted by Crippen LogP contribution is -2.22. The molecule has 150 valence electrons. The molecule has 0 spiro atoms. The van der Waals surface area contributed by atoms with Gasteiger partial charge in [-0.2, -0.15) is 13.2 Å². The molecule has 0 radical (unpaired) electrons. The highest BCUT2D eigenvalue weighted by Crippen LogP contribution is 2.25. The molecule has 0 aliphatic heterocycles. The lowest BCUT2D eigenvalue weighted by Gasteiger charge is -2.15. The predicted octanol–water partition coefficient (Wildman–Crippen LogP) is 5.42. The van der Waals surface area contributed by atoms with Crippen molar-refractivity contribution in [2.45, 2.75) is 57.9 Å². The van der Waals surface area contributed by atoms with E-state index in [1.54, 1.807) is 10.8 Å². The SMILES string of the molecule is C[Si](C)(C)CCOCn1cc(C(=O)CCCC(F)(F)F)c2nc(Br)cnc21. The van der Waals surface area contributed by atoms with Crippen LogP contribution < -0.4 is 0 Å². The van der Waals surface area contributed by atoms with Gasteiger partial charge in [-0.15, -0.1) is 0 Å². The van der Waals surface area contributed by atoms with Gasteiger partial charge in [-0.3, -0.25) is 4.79 Å². The van der Waals surface area contributed by atoms with E-state index in [0.717, 1.165) is 6.04 Å². The smallest absolute Gasteiger partial charge is 0.361 e. The van der Waals surface area contributed by atoms with Crippen LogP contribution in [-0.4, -0.2) is 41.2 Å². The molecule has 0 aliphatic carbocycles. The van der Waals surface area contributed by atoms with Crippen molar-refractivity contribution in [1.82, 2.24) is 14.5 Å². The van der Waals surface area contributed by atoms with Crippen LogP contribution >= 0.6 is 15.9 Å². The lowest BCUT2D eigenvalue weighted by molar-refractivity contribution is -0.135. The van der Waals surface area contributed by atoms with Crippen LogP contribution in [-0.2, 0) is 11.5 Å². The maximum Gasteiger partial charge on any atom is 0.389 e. The molecule has 0 N–H and O–H groups in total. The maximum absolute atomic E-state index is 12.4. The third-order valence-electron chi connectivity index (χ3n) is 3.93. The highest BCUT2D eigenvalue weighted by atomic mass is 79.9. The van der Waals surface area contributed by atoms with Gasteiger partial charge in [0.05, 0.1) is 11.8 Å². The Balaban J connectivity index is 2.13. The minimum absolute atomic E-state index is 0.191. The summed E-state index contributed by atoms with van der Waals surface area (Å²) in [7, 11) is -1.21. The van der Waals surface area contributed by atoms with Crippen molar-refractivity contribution in [1.29, 1.82) is 0 Å². The van der Waals surface area contributed by atoms with Crippen LogP contribution in [0.4, 0.5) is 13.2 Å². The second-order valence-corrected chi connectivity index (χ2v) is 14.1. The first-order valence-electron chi connectivity index (χ1n) is 8.65. The van der Waals surface area contributed by atoms with Crippen LogP contribution in [0.25, 0.3) is 11.2 Å². The summed E-state index contributed by atoms with van der Waals surface area (Å²) in [5, 5.41) is 0. The van der Waals surface area contributed by atoms with E-state index in [2.05, 4.69) is 45.5 Å². The Kier molecular flexibility index (Phi) is 7.20. The number of rotatable bonds is 9. The molecule has 2 rings (SSSR count). The van der Waals surface area contributed by atoms with Crippen LogP contribution in [0.1, 0.15) is 29.6 Å². The molecule has 10 heteroatoms. The molecule has 2 heterocycles. The van der Waals surface area contributed by atoms with Crippen LogP contribution in [0.5, 0.6) is 0 Å². The fraction of sp³-hybridized carbons (Fsp3) is 0.588. The largest absolute Gasteiger partial charge is 0.389 e. The molecule has 2 aromatic heterocycles. The summed E-state index contributed by atoms with van der Waals surface area (Å²) in [6, 6.07) is 1.01. The van der Waals surface area contributed by atoms with Gasteiger partial charge in [0.1, 0.15) is 16.9 Å². The molecular formula is C17H23BrF3N3O2Si. The van der Waals surface area contributed by atoms with E-state index in [4.69, 9.17) is 4.74 Å². The summed E-state index contributed by atoms with van der Waals surface area (Å²) in [5.41, 5.74) is 1.12. The highest BCUT2D eigenvalue weighted by Gasteiger charge is 2.27. The third kappa shape index (κ3) is 7.00. The van der Waals surface area contributed by atoms with E-state index in [-0.39, 0.29) is 30.9 Å². The number of fused-ring (bicyclic) bond motifs is 1. The number of ketones is 1. The van der Waals surface area contributed by atoms with Crippen LogP contribution in [0.2, 0.25) is 25.7 Å². The van der Waals surface area contributed by atoms with Crippen molar-refractivity contribution in [3.63, 3.8) is 0 Å². The van der Waals surface area contributed by atoms with Gasteiger partial charge in [0.15, 0.2) is 11.4 Å². The monoisotopic (exact) mass is 465 g/mol. The Labute approximate surface area is 165 Å². The van der Waals surface area contributed by atoms with E-state index in [1.807, 2.05) is 0 Å². The standard InChI is InChI=1S/C17H23BrF3N3O2Si/c1-27(2,3)8-7-26-11-24-10-12(13(25)5-4-6-17(19,20)21)15-16(24)22-9-14(18)23-15/h9-10H,4-8,11H2,1-3H3. The van der Waals surface area contributed by atoms with Crippen molar-refractivity contribution in [3.8, 4) is 0 Å². The molecule has 0 aliphatic rings. The molecule has 0 aromatic carbocycles.